The molecule has 1 fully saturated rings. The fourth-order valence-electron chi connectivity index (χ4n) is 4.01. The first kappa shape index (κ1) is 23.3. The number of ether oxygens (including phenoxy) is 1. The standard InChI is InChI=1S/C24H24F2N4O4/c1-2-34-24(33)20-15-21(30(27-20)17-6-4-3-5-7-17)23(32)29-12-10-28(11-13-29)22(31)16-8-9-18(25)19(26)14-16/h3-9,14,21H,2,10-13,15H2,1H3/t21-/m1/s1. The second-order valence-corrected chi connectivity index (χ2v) is 7.91. The maximum Gasteiger partial charge on any atom is 0.354 e. The van der Waals surface area contributed by atoms with E-state index in [1.165, 1.54) is 16.0 Å². The van der Waals surface area contributed by atoms with Gasteiger partial charge in [0.05, 0.1) is 12.3 Å². The minimum absolute atomic E-state index is 0.0530. The maximum atomic E-state index is 13.5. The Morgan fingerprint density at radius 2 is 1.65 bits per heavy atom. The number of esters is 1. The Bertz CT molecular complexity index is 1120. The zero-order valence-corrected chi connectivity index (χ0v) is 18.6. The summed E-state index contributed by atoms with van der Waals surface area (Å²) in [5, 5.41) is 5.90. The highest BCUT2D eigenvalue weighted by molar-refractivity contribution is 6.38. The molecule has 0 saturated carbocycles. The van der Waals surface area contributed by atoms with E-state index < -0.39 is 29.6 Å². The number of amides is 2. The van der Waals surface area contributed by atoms with E-state index in [9.17, 15) is 23.2 Å². The molecule has 2 aliphatic rings. The van der Waals surface area contributed by atoms with Crippen LogP contribution in [0, 0.1) is 11.6 Å². The Morgan fingerprint density at radius 3 is 2.29 bits per heavy atom. The maximum absolute atomic E-state index is 13.5. The lowest BCUT2D eigenvalue weighted by atomic mass is 10.1. The van der Waals surface area contributed by atoms with E-state index >= 15 is 0 Å². The lowest BCUT2D eigenvalue weighted by Crippen LogP contribution is -2.54. The summed E-state index contributed by atoms with van der Waals surface area (Å²) in [6, 6.07) is 11.4. The molecule has 0 bridgehead atoms. The van der Waals surface area contributed by atoms with Crippen molar-refractivity contribution in [2.75, 3.05) is 37.8 Å². The monoisotopic (exact) mass is 470 g/mol. The Hall–Kier alpha value is -3.82. The molecule has 178 valence electrons. The predicted molar refractivity (Wildman–Crippen MR) is 120 cm³/mol. The Kier molecular flexibility index (Phi) is 6.85. The van der Waals surface area contributed by atoms with Gasteiger partial charge in [-0.15, -0.1) is 0 Å². The van der Waals surface area contributed by atoms with Crippen LogP contribution >= 0.6 is 0 Å². The van der Waals surface area contributed by atoms with Crippen LogP contribution in [0.1, 0.15) is 23.7 Å². The average Bonchev–Trinajstić information content (AvgIpc) is 3.31. The molecule has 2 heterocycles. The molecular formula is C24H24F2N4O4. The van der Waals surface area contributed by atoms with Gasteiger partial charge in [-0.3, -0.25) is 14.6 Å². The number of benzene rings is 2. The van der Waals surface area contributed by atoms with Gasteiger partial charge >= 0.3 is 5.97 Å². The number of carbonyl (C=O) groups excluding carboxylic acids is 3. The highest BCUT2D eigenvalue weighted by atomic mass is 19.2. The summed E-state index contributed by atoms with van der Waals surface area (Å²) in [5.74, 6) is -3.30. The van der Waals surface area contributed by atoms with Gasteiger partial charge in [0.1, 0.15) is 11.8 Å². The Labute approximate surface area is 195 Å². The molecule has 2 amide bonds. The summed E-state index contributed by atoms with van der Waals surface area (Å²) >= 11 is 0. The van der Waals surface area contributed by atoms with Gasteiger partial charge in [0.25, 0.3) is 5.91 Å². The van der Waals surface area contributed by atoms with Crippen LogP contribution in [0.15, 0.2) is 53.6 Å². The predicted octanol–water partition coefficient (Wildman–Crippen LogP) is 2.45. The molecule has 4 rings (SSSR count). The van der Waals surface area contributed by atoms with Crippen LogP contribution in [0.25, 0.3) is 0 Å². The summed E-state index contributed by atoms with van der Waals surface area (Å²) in [6.45, 7) is 2.92. The molecule has 10 heteroatoms. The first-order valence-corrected chi connectivity index (χ1v) is 11.0. The molecule has 1 saturated heterocycles. The zero-order valence-electron chi connectivity index (χ0n) is 18.6. The number of halogens is 2. The SMILES string of the molecule is CCOC(=O)C1=NN(c2ccccc2)[C@@H](C(=O)N2CCN(C(=O)c3ccc(F)c(F)c3)CC2)C1. The van der Waals surface area contributed by atoms with Crippen LogP contribution in [0.3, 0.4) is 0 Å². The van der Waals surface area contributed by atoms with Crippen LogP contribution in [0.2, 0.25) is 0 Å². The van der Waals surface area contributed by atoms with Crippen molar-refractivity contribution < 1.29 is 27.9 Å². The number of anilines is 1. The topological polar surface area (TPSA) is 82.5 Å². The summed E-state index contributed by atoms with van der Waals surface area (Å²) in [4.78, 5) is 41.5. The molecule has 0 N–H and O–H groups in total. The van der Waals surface area contributed by atoms with E-state index in [2.05, 4.69) is 5.10 Å². The van der Waals surface area contributed by atoms with Crippen molar-refractivity contribution in [3.8, 4) is 0 Å². The van der Waals surface area contributed by atoms with E-state index in [4.69, 9.17) is 4.74 Å². The smallest absolute Gasteiger partial charge is 0.354 e. The van der Waals surface area contributed by atoms with Gasteiger partial charge in [-0.25, -0.2) is 13.6 Å². The van der Waals surface area contributed by atoms with Crippen molar-refractivity contribution >= 4 is 29.2 Å². The molecular weight excluding hydrogens is 446 g/mol. The fraction of sp³-hybridized carbons (Fsp3) is 0.333. The van der Waals surface area contributed by atoms with E-state index in [1.54, 1.807) is 24.0 Å². The fourth-order valence-corrected chi connectivity index (χ4v) is 4.01. The minimum Gasteiger partial charge on any atom is -0.461 e. The number of rotatable bonds is 5. The molecule has 0 spiro atoms. The highest BCUT2D eigenvalue weighted by Gasteiger charge is 2.40. The van der Waals surface area contributed by atoms with Gasteiger partial charge in [-0.1, -0.05) is 18.2 Å². The number of nitrogens with zero attached hydrogens (tertiary/aromatic N) is 4. The molecule has 2 aromatic rings. The van der Waals surface area contributed by atoms with E-state index in [1.807, 2.05) is 18.2 Å². The third-order valence-corrected chi connectivity index (χ3v) is 5.77. The Morgan fingerprint density at radius 1 is 0.971 bits per heavy atom. The van der Waals surface area contributed by atoms with Crippen molar-refractivity contribution in [3.63, 3.8) is 0 Å². The third kappa shape index (κ3) is 4.75. The summed E-state index contributed by atoms with van der Waals surface area (Å²) < 4.78 is 31.8. The molecule has 0 aliphatic carbocycles. The number of carbonyl (C=O) groups is 3. The summed E-state index contributed by atoms with van der Waals surface area (Å²) in [6.07, 6.45) is 0.112. The van der Waals surface area contributed by atoms with E-state index in [-0.39, 0.29) is 56.4 Å². The van der Waals surface area contributed by atoms with Gasteiger partial charge in [-0.05, 0) is 37.3 Å². The molecule has 0 radical (unpaired) electrons. The largest absolute Gasteiger partial charge is 0.461 e. The van der Waals surface area contributed by atoms with E-state index in [0.717, 1.165) is 12.1 Å². The van der Waals surface area contributed by atoms with Crippen LogP contribution in [0.5, 0.6) is 0 Å². The molecule has 34 heavy (non-hydrogen) atoms. The van der Waals surface area contributed by atoms with Gasteiger partial charge in [0.2, 0.25) is 5.91 Å². The van der Waals surface area contributed by atoms with Crippen molar-refractivity contribution in [1.82, 2.24) is 9.80 Å². The average molecular weight is 470 g/mol. The number of piperazine rings is 1. The van der Waals surface area contributed by atoms with Crippen molar-refractivity contribution in [2.24, 2.45) is 5.10 Å². The van der Waals surface area contributed by atoms with Gasteiger partial charge in [-0.2, -0.15) is 5.10 Å². The van der Waals surface area contributed by atoms with E-state index in [0.29, 0.717) is 5.69 Å². The number of hydrogen-bond donors (Lipinski definition) is 0. The second kappa shape index (κ2) is 9.98. The first-order chi connectivity index (χ1) is 16.4. The van der Waals surface area contributed by atoms with Crippen LogP contribution in [-0.2, 0) is 14.3 Å². The number of hydrazone groups is 1. The normalized spacial score (nSPS) is 18.0. The third-order valence-electron chi connectivity index (χ3n) is 5.77. The van der Waals surface area contributed by atoms with Crippen molar-refractivity contribution in [1.29, 1.82) is 0 Å². The van der Waals surface area contributed by atoms with Gasteiger partial charge < -0.3 is 14.5 Å². The van der Waals surface area contributed by atoms with Crippen LogP contribution < -0.4 is 5.01 Å². The summed E-state index contributed by atoms with van der Waals surface area (Å²) in [5.41, 5.74) is 0.903. The highest BCUT2D eigenvalue weighted by Crippen LogP contribution is 2.26. The molecule has 0 unspecified atom stereocenters. The van der Waals surface area contributed by atoms with Crippen LogP contribution in [0.4, 0.5) is 14.5 Å². The molecule has 1 atom stereocenters. The second-order valence-electron chi connectivity index (χ2n) is 7.91. The zero-order chi connectivity index (χ0) is 24.2. The van der Waals surface area contributed by atoms with Gasteiger partial charge in [0.15, 0.2) is 11.6 Å². The molecule has 0 aromatic heterocycles. The summed E-state index contributed by atoms with van der Waals surface area (Å²) in [7, 11) is 0. The molecule has 2 aromatic carbocycles. The number of para-hydroxylation sites is 1. The molecule has 8 nitrogen and oxygen atoms in total. The number of hydrogen-bond acceptors (Lipinski definition) is 6. The van der Waals surface area contributed by atoms with Crippen molar-refractivity contribution in [3.05, 3.63) is 65.7 Å². The van der Waals surface area contributed by atoms with Crippen molar-refractivity contribution in [2.45, 2.75) is 19.4 Å². The first-order valence-electron chi connectivity index (χ1n) is 11.0. The Balaban J connectivity index is 1.44. The lowest BCUT2D eigenvalue weighted by molar-refractivity contribution is -0.135. The molecule has 2 aliphatic heterocycles. The van der Waals surface area contributed by atoms with Gasteiger partial charge in [0, 0.05) is 38.2 Å². The van der Waals surface area contributed by atoms with Crippen LogP contribution in [-0.4, -0.2) is 72.1 Å². The minimum atomic E-state index is -1.08. The lowest BCUT2D eigenvalue weighted by Gasteiger charge is -2.37. The quantitative estimate of drug-likeness (QED) is 0.627.